The third kappa shape index (κ3) is 3.22. The SMILES string of the molecule is Cc1sc2nc([C@@H](C)OC(=O)c3cc(-c4ccccc4)n[nH]3)[nH]c(=O)c2c1C. The fraction of sp³-hybridized carbons (Fsp3) is 0.200. The summed E-state index contributed by atoms with van der Waals surface area (Å²) >= 11 is 1.45. The Morgan fingerprint density at radius 3 is 2.71 bits per heavy atom. The Morgan fingerprint density at radius 2 is 1.96 bits per heavy atom. The lowest BCUT2D eigenvalue weighted by Gasteiger charge is -2.11. The number of thiophene rings is 1. The second-order valence-corrected chi connectivity index (χ2v) is 7.70. The van der Waals surface area contributed by atoms with E-state index in [1.54, 1.807) is 13.0 Å². The zero-order chi connectivity index (χ0) is 19.8. The van der Waals surface area contributed by atoms with Gasteiger partial charge in [0.2, 0.25) is 0 Å². The fourth-order valence-corrected chi connectivity index (χ4v) is 3.96. The number of aromatic nitrogens is 4. The minimum atomic E-state index is -0.712. The highest BCUT2D eigenvalue weighted by atomic mass is 32.1. The number of nitrogens with zero attached hydrogens (tertiary/aromatic N) is 2. The van der Waals surface area contributed by atoms with Crippen molar-refractivity contribution in [2.45, 2.75) is 26.9 Å². The smallest absolute Gasteiger partial charge is 0.357 e. The van der Waals surface area contributed by atoms with Crippen molar-refractivity contribution < 1.29 is 9.53 Å². The molecule has 0 saturated carbocycles. The zero-order valence-electron chi connectivity index (χ0n) is 15.6. The van der Waals surface area contributed by atoms with Crippen LogP contribution < -0.4 is 5.56 Å². The number of hydrogen-bond donors (Lipinski definition) is 2. The Hall–Kier alpha value is -3.26. The predicted octanol–water partition coefficient (Wildman–Crippen LogP) is 3.91. The maximum Gasteiger partial charge on any atom is 0.357 e. The van der Waals surface area contributed by atoms with Crippen molar-refractivity contribution in [3.63, 3.8) is 0 Å². The summed E-state index contributed by atoms with van der Waals surface area (Å²) in [6.07, 6.45) is -0.712. The fourth-order valence-electron chi connectivity index (χ4n) is 2.93. The summed E-state index contributed by atoms with van der Waals surface area (Å²) in [5, 5.41) is 7.44. The van der Waals surface area contributed by atoms with E-state index in [-0.39, 0.29) is 11.3 Å². The van der Waals surface area contributed by atoms with Gasteiger partial charge in [-0.15, -0.1) is 11.3 Å². The molecule has 0 aliphatic carbocycles. The molecule has 0 aliphatic rings. The summed E-state index contributed by atoms with van der Waals surface area (Å²) in [6, 6.07) is 11.2. The van der Waals surface area contributed by atoms with Crippen molar-refractivity contribution in [2.75, 3.05) is 0 Å². The Bertz CT molecular complexity index is 1220. The van der Waals surface area contributed by atoms with Crippen molar-refractivity contribution in [1.29, 1.82) is 0 Å². The highest BCUT2D eigenvalue weighted by molar-refractivity contribution is 7.18. The minimum absolute atomic E-state index is 0.224. The third-order valence-electron chi connectivity index (χ3n) is 4.59. The summed E-state index contributed by atoms with van der Waals surface area (Å²) in [7, 11) is 0. The van der Waals surface area contributed by atoms with Gasteiger partial charge in [-0.2, -0.15) is 5.10 Å². The number of carbonyl (C=O) groups excluding carboxylic acids is 1. The number of fused-ring (bicyclic) bond motifs is 1. The van der Waals surface area contributed by atoms with Crippen LogP contribution in [0, 0.1) is 13.8 Å². The van der Waals surface area contributed by atoms with E-state index in [0.717, 1.165) is 16.0 Å². The van der Waals surface area contributed by atoms with Gasteiger partial charge in [-0.05, 0) is 32.4 Å². The number of nitrogens with one attached hydrogen (secondary N) is 2. The lowest BCUT2D eigenvalue weighted by molar-refractivity contribution is 0.0313. The van der Waals surface area contributed by atoms with Gasteiger partial charge in [0.15, 0.2) is 11.9 Å². The van der Waals surface area contributed by atoms with Crippen LogP contribution in [0.5, 0.6) is 0 Å². The molecule has 7 nitrogen and oxygen atoms in total. The average molecular weight is 394 g/mol. The molecule has 0 saturated heterocycles. The zero-order valence-corrected chi connectivity index (χ0v) is 16.4. The molecule has 1 aromatic carbocycles. The minimum Gasteiger partial charge on any atom is -0.450 e. The van der Waals surface area contributed by atoms with E-state index < -0.39 is 12.1 Å². The first-order valence-electron chi connectivity index (χ1n) is 8.75. The van der Waals surface area contributed by atoms with E-state index in [0.29, 0.717) is 21.7 Å². The molecule has 3 heterocycles. The summed E-state index contributed by atoms with van der Waals surface area (Å²) in [5.41, 5.74) is 2.48. The molecule has 0 amide bonds. The summed E-state index contributed by atoms with van der Waals surface area (Å²) < 4.78 is 5.47. The Kier molecular flexibility index (Phi) is 4.56. The standard InChI is InChI=1S/C20H18N4O3S/c1-10-12(3)28-19-16(10)18(25)21-17(22-19)11(2)27-20(26)15-9-14(23-24-15)13-7-5-4-6-8-13/h4-9,11H,1-3H3,(H,23,24)(H,21,22,25)/t11-/m1/s1. The van der Waals surface area contributed by atoms with Gasteiger partial charge in [0, 0.05) is 10.4 Å². The van der Waals surface area contributed by atoms with E-state index in [4.69, 9.17) is 4.74 Å². The number of rotatable bonds is 4. The van der Waals surface area contributed by atoms with Crippen molar-refractivity contribution in [3.05, 3.63) is 68.7 Å². The number of carbonyl (C=O) groups is 1. The molecule has 28 heavy (non-hydrogen) atoms. The van der Waals surface area contributed by atoms with Gasteiger partial charge >= 0.3 is 5.97 Å². The predicted molar refractivity (Wildman–Crippen MR) is 108 cm³/mol. The highest BCUT2D eigenvalue weighted by Gasteiger charge is 2.20. The van der Waals surface area contributed by atoms with Gasteiger partial charge in [0.1, 0.15) is 10.5 Å². The summed E-state index contributed by atoms with van der Waals surface area (Å²) in [6.45, 7) is 5.52. The molecule has 4 aromatic rings. The highest BCUT2D eigenvalue weighted by Crippen LogP contribution is 2.27. The van der Waals surface area contributed by atoms with Gasteiger partial charge in [-0.1, -0.05) is 30.3 Å². The molecular weight excluding hydrogens is 376 g/mol. The second-order valence-electron chi connectivity index (χ2n) is 6.49. The molecule has 2 N–H and O–H groups in total. The first-order valence-corrected chi connectivity index (χ1v) is 9.57. The molecule has 0 radical (unpaired) electrons. The molecule has 0 bridgehead atoms. The van der Waals surface area contributed by atoms with E-state index in [1.807, 2.05) is 44.2 Å². The average Bonchev–Trinajstić information content (AvgIpc) is 3.28. The van der Waals surface area contributed by atoms with Gasteiger partial charge in [-0.25, -0.2) is 9.78 Å². The van der Waals surface area contributed by atoms with Gasteiger partial charge in [-0.3, -0.25) is 9.89 Å². The number of hydrogen-bond acceptors (Lipinski definition) is 6. The Balaban J connectivity index is 1.56. The normalized spacial score (nSPS) is 12.2. The monoisotopic (exact) mass is 394 g/mol. The first kappa shape index (κ1) is 18.1. The second kappa shape index (κ2) is 7.05. The lowest BCUT2D eigenvalue weighted by atomic mass is 10.1. The van der Waals surface area contributed by atoms with Crippen LogP contribution >= 0.6 is 11.3 Å². The van der Waals surface area contributed by atoms with Crippen LogP contribution in [0.4, 0.5) is 0 Å². The van der Waals surface area contributed by atoms with Crippen molar-refractivity contribution in [1.82, 2.24) is 20.2 Å². The van der Waals surface area contributed by atoms with E-state index in [9.17, 15) is 9.59 Å². The van der Waals surface area contributed by atoms with Crippen LogP contribution in [0.2, 0.25) is 0 Å². The Morgan fingerprint density at radius 1 is 1.21 bits per heavy atom. The first-order chi connectivity index (χ1) is 13.4. The van der Waals surface area contributed by atoms with Gasteiger partial charge in [0.05, 0.1) is 11.1 Å². The number of aromatic amines is 2. The molecule has 4 rings (SSSR count). The van der Waals surface area contributed by atoms with Crippen molar-refractivity contribution in [2.24, 2.45) is 0 Å². The van der Waals surface area contributed by atoms with Crippen LogP contribution in [0.3, 0.4) is 0 Å². The van der Waals surface area contributed by atoms with Crippen LogP contribution in [0.1, 0.15) is 39.8 Å². The third-order valence-corrected chi connectivity index (χ3v) is 5.69. The van der Waals surface area contributed by atoms with Gasteiger partial charge in [0.25, 0.3) is 5.56 Å². The van der Waals surface area contributed by atoms with Gasteiger partial charge < -0.3 is 9.72 Å². The quantitative estimate of drug-likeness (QED) is 0.511. The molecule has 0 fully saturated rings. The number of aryl methyl sites for hydroxylation is 2. The van der Waals surface area contributed by atoms with E-state index in [2.05, 4.69) is 20.2 Å². The lowest BCUT2D eigenvalue weighted by Crippen LogP contribution is -2.17. The van der Waals surface area contributed by atoms with E-state index >= 15 is 0 Å². The van der Waals surface area contributed by atoms with Crippen LogP contribution in [0.25, 0.3) is 21.5 Å². The number of H-pyrrole nitrogens is 2. The van der Waals surface area contributed by atoms with Crippen LogP contribution in [-0.2, 0) is 4.74 Å². The maximum atomic E-state index is 12.5. The van der Waals surface area contributed by atoms with Crippen LogP contribution in [0.15, 0.2) is 41.2 Å². The summed E-state index contributed by atoms with van der Waals surface area (Å²) in [5.74, 6) is -0.252. The van der Waals surface area contributed by atoms with Crippen molar-refractivity contribution in [3.8, 4) is 11.3 Å². The molecule has 1 atom stereocenters. The molecule has 3 aromatic heterocycles. The molecule has 0 aliphatic heterocycles. The molecule has 0 spiro atoms. The number of esters is 1. The van der Waals surface area contributed by atoms with Crippen molar-refractivity contribution >= 4 is 27.5 Å². The topological polar surface area (TPSA) is 101 Å². The number of ether oxygens (including phenoxy) is 1. The molecule has 8 heteroatoms. The molecule has 142 valence electrons. The Labute approximate surface area is 164 Å². The number of benzene rings is 1. The maximum absolute atomic E-state index is 12.5. The molecular formula is C20H18N4O3S. The summed E-state index contributed by atoms with van der Waals surface area (Å²) in [4.78, 5) is 33.8. The molecule has 0 unspecified atom stereocenters. The van der Waals surface area contributed by atoms with E-state index in [1.165, 1.54) is 11.3 Å². The van der Waals surface area contributed by atoms with Crippen LogP contribution in [-0.4, -0.2) is 26.1 Å². The largest absolute Gasteiger partial charge is 0.450 e.